The standard InChI is InChI=1S/C20H35NO4S/c1-13(2)7-8-16-19(4,25-16)18-17(24-5)15(21-11-14(3)22)9-10-20(18,23)12-26-6/h7,15-18,21,23H,8-12H2,1-6H3/t15?,16?,17-,18-,19+,20+/m1/s1. The van der Waals surface area contributed by atoms with E-state index in [1.807, 2.05) is 6.26 Å². The van der Waals surface area contributed by atoms with E-state index < -0.39 is 11.2 Å². The van der Waals surface area contributed by atoms with Crippen LogP contribution >= 0.6 is 11.8 Å². The fraction of sp³-hybridized carbons (Fsp3) is 0.850. The van der Waals surface area contributed by atoms with E-state index in [4.69, 9.17) is 9.47 Å². The lowest BCUT2D eigenvalue weighted by Crippen LogP contribution is -2.63. The van der Waals surface area contributed by atoms with Crippen molar-refractivity contribution in [2.24, 2.45) is 5.92 Å². The molecule has 0 amide bonds. The number of Topliss-reactive ketones (excluding diaryl/α,β-unsaturated/α-hetero) is 1. The van der Waals surface area contributed by atoms with Gasteiger partial charge in [-0.15, -0.1) is 0 Å². The Kier molecular flexibility index (Phi) is 7.36. The molecule has 1 saturated carbocycles. The van der Waals surface area contributed by atoms with Crippen molar-refractivity contribution >= 4 is 17.5 Å². The van der Waals surface area contributed by atoms with Gasteiger partial charge in [0.25, 0.3) is 0 Å². The molecule has 2 aliphatic rings. The Labute approximate surface area is 162 Å². The largest absolute Gasteiger partial charge is 0.389 e. The Balaban J connectivity index is 2.25. The first-order chi connectivity index (χ1) is 12.2. The topological polar surface area (TPSA) is 71.1 Å². The van der Waals surface area contributed by atoms with Crippen LogP contribution in [0.3, 0.4) is 0 Å². The van der Waals surface area contributed by atoms with Crippen LogP contribution in [-0.4, -0.2) is 66.0 Å². The molecule has 1 saturated heterocycles. The predicted molar refractivity (Wildman–Crippen MR) is 107 cm³/mol. The molecule has 0 bridgehead atoms. The molecule has 2 rings (SSSR count). The van der Waals surface area contributed by atoms with Gasteiger partial charge in [-0.3, -0.25) is 4.79 Å². The molecule has 6 atom stereocenters. The first kappa shape index (κ1) is 21.9. The molecule has 0 aromatic rings. The SMILES string of the molecule is CO[C@@H]1C(NCC(C)=O)CC[C@](O)(CSC)[C@H]1[C@@]1(C)OC1CC=C(C)C. The first-order valence-electron chi connectivity index (χ1n) is 9.46. The second kappa shape index (κ2) is 8.74. The summed E-state index contributed by atoms with van der Waals surface area (Å²) in [5.74, 6) is 0.628. The number of methoxy groups -OCH3 is 1. The van der Waals surface area contributed by atoms with E-state index in [0.717, 1.165) is 12.8 Å². The van der Waals surface area contributed by atoms with Crippen molar-refractivity contribution in [1.82, 2.24) is 5.32 Å². The van der Waals surface area contributed by atoms with Gasteiger partial charge in [-0.2, -0.15) is 11.8 Å². The number of thioether (sulfide) groups is 1. The van der Waals surface area contributed by atoms with Gasteiger partial charge >= 0.3 is 0 Å². The Morgan fingerprint density at radius 1 is 1.42 bits per heavy atom. The third-order valence-electron chi connectivity index (χ3n) is 5.81. The number of nitrogens with one attached hydrogen (secondary N) is 1. The quantitative estimate of drug-likeness (QED) is 0.470. The summed E-state index contributed by atoms with van der Waals surface area (Å²) in [6, 6.07) is 0.0427. The smallest absolute Gasteiger partial charge is 0.143 e. The molecule has 6 heteroatoms. The van der Waals surface area contributed by atoms with Gasteiger partial charge in [0.05, 0.1) is 24.4 Å². The van der Waals surface area contributed by atoms with Crippen LogP contribution in [-0.2, 0) is 14.3 Å². The number of ether oxygens (including phenoxy) is 2. The molecule has 150 valence electrons. The molecule has 0 aromatic heterocycles. The maximum atomic E-state index is 11.5. The molecule has 2 unspecified atom stereocenters. The average Bonchev–Trinajstić information content (AvgIpc) is 3.22. The highest BCUT2D eigenvalue weighted by atomic mass is 32.2. The lowest BCUT2D eigenvalue weighted by Gasteiger charge is -2.49. The maximum absolute atomic E-state index is 11.5. The number of aliphatic hydroxyl groups is 1. The second-order valence-corrected chi connectivity index (χ2v) is 9.12. The van der Waals surface area contributed by atoms with Crippen molar-refractivity contribution in [1.29, 1.82) is 0 Å². The number of carbonyl (C=O) groups is 1. The fourth-order valence-corrected chi connectivity index (χ4v) is 5.32. The molecule has 1 aliphatic heterocycles. The Morgan fingerprint density at radius 2 is 2.12 bits per heavy atom. The molecule has 5 nitrogen and oxygen atoms in total. The van der Waals surface area contributed by atoms with E-state index in [1.54, 1.807) is 25.8 Å². The van der Waals surface area contributed by atoms with Gasteiger partial charge in [0.1, 0.15) is 11.4 Å². The van der Waals surface area contributed by atoms with Crippen LogP contribution in [0.25, 0.3) is 0 Å². The monoisotopic (exact) mass is 385 g/mol. The van der Waals surface area contributed by atoms with E-state index in [2.05, 4.69) is 32.2 Å². The van der Waals surface area contributed by atoms with E-state index in [-0.39, 0.29) is 30.0 Å². The number of epoxide rings is 1. The molecular weight excluding hydrogens is 350 g/mol. The minimum atomic E-state index is -0.830. The van der Waals surface area contributed by atoms with Crippen molar-refractivity contribution in [2.75, 3.05) is 25.7 Å². The summed E-state index contributed by atoms with van der Waals surface area (Å²) in [5.41, 5.74) is 0.0339. The van der Waals surface area contributed by atoms with Crippen LogP contribution in [0.5, 0.6) is 0 Å². The zero-order valence-corrected chi connectivity index (χ0v) is 17.8. The van der Waals surface area contributed by atoms with E-state index in [0.29, 0.717) is 18.7 Å². The van der Waals surface area contributed by atoms with Crippen molar-refractivity contribution in [2.45, 2.75) is 76.4 Å². The minimum absolute atomic E-state index is 0.0427. The van der Waals surface area contributed by atoms with E-state index in [1.165, 1.54) is 5.57 Å². The molecule has 1 aliphatic carbocycles. The van der Waals surface area contributed by atoms with Crippen LogP contribution in [0, 0.1) is 5.92 Å². The molecular formula is C20H35NO4S. The predicted octanol–water partition coefficient (Wildman–Crippen LogP) is 2.57. The third kappa shape index (κ3) is 4.71. The molecule has 26 heavy (non-hydrogen) atoms. The molecule has 2 fully saturated rings. The zero-order valence-electron chi connectivity index (χ0n) is 17.0. The molecule has 0 spiro atoms. The van der Waals surface area contributed by atoms with Gasteiger partial charge in [-0.25, -0.2) is 0 Å². The van der Waals surface area contributed by atoms with Crippen molar-refractivity contribution in [3.8, 4) is 0 Å². The lowest BCUT2D eigenvalue weighted by molar-refractivity contribution is -0.139. The highest BCUT2D eigenvalue weighted by molar-refractivity contribution is 7.98. The third-order valence-corrected chi connectivity index (χ3v) is 6.60. The molecule has 0 aromatic carbocycles. The van der Waals surface area contributed by atoms with Crippen LogP contribution < -0.4 is 5.32 Å². The van der Waals surface area contributed by atoms with E-state index >= 15 is 0 Å². The van der Waals surface area contributed by atoms with Gasteiger partial charge < -0.3 is 19.9 Å². The average molecular weight is 386 g/mol. The van der Waals surface area contributed by atoms with Gasteiger partial charge in [0, 0.05) is 24.8 Å². The summed E-state index contributed by atoms with van der Waals surface area (Å²) in [6.45, 7) is 8.19. The lowest BCUT2D eigenvalue weighted by atomic mass is 9.65. The Hall–Kier alpha value is -0.400. The summed E-state index contributed by atoms with van der Waals surface area (Å²) >= 11 is 1.66. The number of hydrogen-bond acceptors (Lipinski definition) is 6. The number of allylic oxidation sites excluding steroid dienone is 1. The number of rotatable bonds is 9. The highest BCUT2D eigenvalue weighted by Gasteiger charge is 2.66. The van der Waals surface area contributed by atoms with Crippen LogP contribution in [0.2, 0.25) is 0 Å². The van der Waals surface area contributed by atoms with Gasteiger partial charge in [0.15, 0.2) is 0 Å². The summed E-state index contributed by atoms with van der Waals surface area (Å²) in [4.78, 5) is 11.4. The Bertz CT molecular complexity index is 536. The number of ketones is 1. The van der Waals surface area contributed by atoms with Crippen molar-refractivity contribution in [3.63, 3.8) is 0 Å². The van der Waals surface area contributed by atoms with Crippen LogP contribution in [0.15, 0.2) is 11.6 Å². The fourth-order valence-electron chi connectivity index (χ4n) is 4.50. The summed E-state index contributed by atoms with van der Waals surface area (Å²) < 4.78 is 12.0. The summed E-state index contributed by atoms with van der Waals surface area (Å²) in [6.07, 6.45) is 6.44. The minimum Gasteiger partial charge on any atom is -0.389 e. The Morgan fingerprint density at radius 3 is 2.65 bits per heavy atom. The number of hydrogen-bond donors (Lipinski definition) is 2. The van der Waals surface area contributed by atoms with Gasteiger partial charge in [-0.1, -0.05) is 11.6 Å². The number of carbonyl (C=O) groups excluding carboxylic acids is 1. The van der Waals surface area contributed by atoms with Crippen LogP contribution in [0.4, 0.5) is 0 Å². The highest BCUT2D eigenvalue weighted by Crippen LogP contribution is 2.54. The van der Waals surface area contributed by atoms with Gasteiger partial charge in [-0.05, 0) is 53.2 Å². The first-order valence-corrected chi connectivity index (χ1v) is 10.9. The molecule has 1 heterocycles. The van der Waals surface area contributed by atoms with Crippen molar-refractivity contribution in [3.05, 3.63) is 11.6 Å². The summed E-state index contributed by atoms with van der Waals surface area (Å²) in [5, 5.41) is 14.8. The molecule has 0 radical (unpaired) electrons. The van der Waals surface area contributed by atoms with Crippen LogP contribution in [0.1, 0.15) is 47.0 Å². The zero-order chi connectivity index (χ0) is 19.5. The molecule has 2 N–H and O–H groups in total. The normalized spacial score (nSPS) is 39.5. The summed E-state index contributed by atoms with van der Waals surface area (Å²) in [7, 11) is 1.70. The van der Waals surface area contributed by atoms with Gasteiger partial charge in [0.2, 0.25) is 0 Å². The second-order valence-electron chi connectivity index (χ2n) is 8.25. The van der Waals surface area contributed by atoms with E-state index in [9.17, 15) is 9.90 Å². The van der Waals surface area contributed by atoms with Crippen molar-refractivity contribution < 1.29 is 19.4 Å². The maximum Gasteiger partial charge on any atom is 0.143 e.